The number of primary amides is 1. The first kappa shape index (κ1) is 12.8. The van der Waals surface area contributed by atoms with Crippen LogP contribution in [0, 0.1) is 0 Å². The van der Waals surface area contributed by atoms with Gasteiger partial charge >= 0.3 is 0 Å². The van der Waals surface area contributed by atoms with E-state index in [1.807, 2.05) is 18.3 Å². The van der Waals surface area contributed by atoms with E-state index in [0.717, 1.165) is 23.9 Å². The Hall–Kier alpha value is -1.88. The monoisotopic (exact) mass is 284 g/mol. The molecule has 2 aromatic rings. The van der Waals surface area contributed by atoms with Gasteiger partial charge in [0, 0.05) is 35.9 Å². The normalized spacial score (nSPS) is 29.1. The van der Waals surface area contributed by atoms with Crippen LogP contribution in [0.25, 0.3) is 11.0 Å². The maximum absolute atomic E-state index is 11.7. The molecule has 2 unspecified atom stereocenters. The Bertz CT molecular complexity index is 693. The molecule has 2 aliphatic rings. The minimum atomic E-state index is -0.373. The molecule has 5 nitrogen and oxygen atoms in total. The largest absolute Gasteiger partial charge is 0.366 e. The van der Waals surface area contributed by atoms with Gasteiger partial charge in [-0.15, -0.1) is 0 Å². The van der Waals surface area contributed by atoms with Crippen molar-refractivity contribution in [2.45, 2.75) is 43.8 Å². The number of nitrogens with zero attached hydrogens (tertiary/aromatic N) is 3. The van der Waals surface area contributed by atoms with Crippen LogP contribution in [0.2, 0.25) is 0 Å². The molecule has 110 valence electrons. The summed E-state index contributed by atoms with van der Waals surface area (Å²) in [6, 6.07) is 5.53. The number of hydrogen-bond donors (Lipinski definition) is 1. The summed E-state index contributed by atoms with van der Waals surface area (Å²) in [7, 11) is 2.24. The third-order valence-corrected chi connectivity index (χ3v) is 5.32. The number of carbonyl (C=O) groups is 1. The lowest BCUT2D eigenvalue weighted by atomic mass is 9.98. The summed E-state index contributed by atoms with van der Waals surface area (Å²) in [4.78, 5) is 18.7. The molecule has 0 saturated carbocycles. The van der Waals surface area contributed by atoms with Gasteiger partial charge in [0.05, 0.1) is 5.56 Å². The first-order valence-corrected chi connectivity index (χ1v) is 7.62. The van der Waals surface area contributed by atoms with E-state index in [1.165, 1.54) is 12.8 Å². The smallest absolute Gasteiger partial charge is 0.250 e. The van der Waals surface area contributed by atoms with Crippen LogP contribution < -0.4 is 5.73 Å². The molecule has 0 radical (unpaired) electrons. The quantitative estimate of drug-likeness (QED) is 0.916. The number of carbonyl (C=O) groups excluding carboxylic acids is 1. The molecule has 2 N–H and O–H groups in total. The molecule has 2 atom stereocenters. The topological polar surface area (TPSA) is 64.2 Å². The van der Waals surface area contributed by atoms with Crippen LogP contribution in [0.3, 0.4) is 0 Å². The molecule has 4 rings (SSSR count). The number of fused-ring (bicyclic) bond motifs is 3. The Labute approximate surface area is 123 Å². The predicted molar refractivity (Wildman–Crippen MR) is 81.1 cm³/mol. The van der Waals surface area contributed by atoms with Crippen molar-refractivity contribution in [3.63, 3.8) is 0 Å². The summed E-state index contributed by atoms with van der Waals surface area (Å²) in [6.07, 6.45) is 8.53. The average molecular weight is 284 g/mol. The molecular weight excluding hydrogens is 264 g/mol. The summed E-state index contributed by atoms with van der Waals surface area (Å²) in [5, 5.41) is 0.872. The predicted octanol–water partition coefficient (Wildman–Crippen LogP) is 1.93. The van der Waals surface area contributed by atoms with Crippen molar-refractivity contribution in [2.75, 3.05) is 7.05 Å². The van der Waals surface area contributed by atoms with Crippen LogP contribution >= 0.6 is 0 Å². The van der Waals surface area contributed by atoms with Gasteiger partial charge in [-0.2, -0.15) is 0 Å². The lowest BCUT2D eigenvalue weighted by molar-refractivity contribution is 0.100. The van der Waals surface area contributed by atoms with Gasteiger partial charge in [0.25, 0.3) is 5.91 Å². The van der Waals surface area contributed by atoms with Crippen molar-refractivity contribution in [1.29, 1.82) is 0 Å². The fourth-order valence-electron chi connectivity index (χ4n) is 4.17. The van der Waals surface area contributed by atoms with Crippen LogP contribution in [0.5, 0.6) is 0 Å². The number of piperidine rings is 1. The minimum Gasteiger partial charge on any atom is -0.366 e. The lowest BCUT2D eigenvalue weighted by Crippen LogP contribution is -2.40. The lowest BCUT2D eigenvalue weighted by Gasteiger charge is -2.37. The Morgan fingerprint density at radius 1 is 1.29 bits per heavy atom. The molecule has 0 aliphatic carbocycles. The van der Waals surface area contributed by atoms with Gasteiger partial charge in [0.2, 0.25) is 0 Å². The highest BCUT2D eigenvalue weighted by Gasteiger charge is 2.39. The summed E-state index contributed by atoms with van der Waals surface area (Å²) >= 11 is 0. The number of hydrogen-bond acceptors (Lipinski definition) is 3. The molecule has 2 aliphatic heterocycles. The van der Waals surface area contributed by atoms with Crippen molar-refractivity contribution < 1.29 is 4.79 Å². The summed E-state index contributed by atoms with van der Waals surface area (Å²) in [6.45, 7) is 0. The Morgan fingerprint density at radius 3 is 2.67 bits per heavy atom. The molecule has 1 amide bonds. The van der Waals surface area contributed by atoms with E-state index in [4.69, 9.17) is 5.73 Å². The van der Waals surface area contributed by atoms with Crippen molar-refractivity contribution in [2.24, 2.45) is 5.73 Å². The van der Waals surface area contributed by atoms with Crippen molar-refractivity contribution in [1.82, 2.24) is 14.5 Å². The Balaban J connectivity index is 1.79. The van der Waals surface area contributed by atoms with E-state index < -0.39 is 0 Å². The third-order valence-electron chi connectivity index (χ3n) is 5.32. The van der Waals surface area contributed by atoms with Crippen molar-refractivity contribution in [3.05, 3.63) is 30.1 Å². The maximum atomic E-state index is 11.7. The molecular formula is C16H20N4O. The summed E-state index contributed by atoms with van der Waals surface area (Å²) < 4.78 is 2.19. The van der Waals surface area contributed by atoms with Crippen molar-refractivity contribution in [3.8, 4) is 0 Å². The van der Waals surface area contributed by atoms with Gasteiger partial charge in [-0.3, -0.25) is 4.79 Å². The highest BCUT2D eigenvalue weighted by Crippen LogP contribution is 2.41. The number of pyridine rings is 1. The number of aromatic nitrogens is 2. The number of amides is 1. The molecule has 2 aromatic heterocycles. The Morgan fingerprint density at radius 2 is 2.00 bits per heavy atom. The van der Waals surface area contributed by atoms with Crippen LogP contribution in [0.15, 0.2) is 24.5 Å². The van der Waals surface area contributed by atoms with Gasteiger partial charge in [0.15, 0.2) is 0 Å². The first-order chi connectivity index (χ1) is 10.1. The zero-order chi connectivity index (χ0) is 14.6. The fraction of sp³-hybridized carbons (Fsp3) is 0.500. The molecule has 2 bridgehead atoms. The second-order valence-electron chi connectivity index (χ2n) is 6.36. The Kier molecular flexibility index (Phi) is 2.79. The molecule has 0 aromatic carbocycles. The molecule has 5 heteroatoms. The van der Waals surface area contributed by atoms with E-state index in [-0.39, 0.29) is 5.91 Å². The zero-order valence-electron chi connectivity index (χ0n) is 12.2. The van der Waals surface area contributed by atoms with E-state index >= 15 is 0 Å². The van der Waals surface area contributed by atoms with Crippen molar-refractivity contribution >= 4 is 16.9 Å². The second-order valence-corrected chi connectivity index (χ2v) is 6.36. The van der Waals surface area contributed by atoms with Gasteiger partial charge < -0.3 is 15.2 Å². The summed E-state index contributed by atoms with van der Waals surface area (Å²) in [5.41, 5.74) is 7.00. The van der Waals surface area contributed by atoms with E-state index in [0.29, 0.717) is 23.7 Å². The van der Waals surface area contributed by atoms with Gasteiger partial charge in [0.1, 0.15) is 5.65 Å². The molecule has 2 saturated heterocycles. The average Bonchev–Trinajstić information content (AvgIpc) is 2.93. The number of nitrogens with two attached hydrogens (primary N) is 1. The van der Waals surface area contributed by atoms with E-state index in [1.54, 1.807) is 6.20 Å². The highest BCUT2D eigenvalue weighted by atomic mass is 16.1. The SMILES string of the molecule is CN1C2CCC1CC(n1cc(C(N)=O)c3cccnc31)C2. The molecule has 0 spiro atoms. The number of rotatable bonds is 2. The zero-order valence-corrected chi connectivity index (χ0v) is 12.2. The first-order valence-electron chi connectivity index (χ1n) is 7.62. The highest BCUT2D eigenvalue weighted by molar-refractivity contribution is 6.05. The van der Waals surface area contributed by atoms with Gasteiger partial charge in [-0.25, -0.2) is 4.98 Å². The van der Waals surface area contributed by atoms with E-state index in [2.05, 4.69) is 21.5 Å². The van der Waals surface area contributed by atoms with Crippen LogP contribution in [-0.4, -0.2) is 39.5 Å². The standard InChI is InChI=1S/C16H20N4O/c1-19-10-4-5-11(19)8-12(7-10)20-9-14(15(17)21)13-3-2-6-18-16(13)20/h2-3,6,9-12H,4-5,7-8H2,1H3,(H2,17,21). The maximum Gasteiger partial charge on any atom is 0.250 e. The second kappa shape index (κ2) is 4.56. The van der Waals surface area contributed by atoms with Crippen LogP contribution in [0.1, 0.15) is 42.1 Å². The van der Waals surface area contributed by atoms with Gasteiger partial charge in [-0.05, 0) is 44.9 Å². The molecule has 21 heavy (non-hydrogen) atoms. The summed E-state index contributed by atoms with van der Waals surface area (Å²) in [5.74, 6) is -0.373. The van der Waals surface area contributed by atoms with Gasteiger partial charge in [-0.1, -0.05) is 0 Å². The fourth-order valence-corrected chi connectivity index (χ4v) is 4.17. The molecule has 2 fully saturated rings. The van der Waals surface area contributed by atoms with Crippen LogP contribution in [0.4, 0.5) is 0 Å². The van der Waals surface area contributed by atoms with E-state index in [9.17, 15) is 4.79 Å². The van der Waals surface area contributed by atoms with Crippen LogP contribution in [-0.2, 0) is 0 Å². The minimum absolute atomic E-state index is 0.373. The third kappa shape index (κ3) is 1.87. The molecule has 4 heterocycles.